The highest BCUT2D eigenvalue weighted by atomic mass is 16.5. The Hall–Kier alpha value is -1.64. The smallest absolute Gasteiger partial charge is 0.312 e. The van der Waals surface area contributed by atoms with Crippen LogP contribution in [0.3, 0.4) is 0 Å². The summed E-state index contributed by atoms with van der Waals surface area (Å²) in [5.41, 5.74) is 1.26. The molecular weight excluding hydrogens is 240 g/mol. The Balaban J connectivity index is 1.72. The Bertz CT molecular complexity index is 539. The van der Waals surface area contributed by atoms with Crippen LogP contribution in [0.15, 0.2) is 24.3 Å². The van der Waals surface area contributed by atoms with Crippen molar-refractivity contribution in [2.75, 3.05) is 6.61 Å². The van der Waals surface area contributed by atoms with Crippen LogP contribution in [0.2, 0.25) is 0 Å². The van der Waals surface area contributed by atoms with E-state index in [0.717, 1.165) is 11.1 Å². The summed E-state index contributed by atoms with van der Waals surface area (Å²) in [7, 11) is 0. The summed E-state index contributed by atoms with van der Waals surface area (Å²) >= 11 is 0. The second-order valence-electron chi connectivity index (χ2n) is 6.01. The fourth-order valence-corrected chi connectivity index (χ4v) is 3.62. The lowest BCUT2D eigenvalue weighted by atomic mass is 9.33. The zero-order chi connectivity index (χ0) is 13.7. The Kier molecular flexibility index (Phi) is 2.56. The predicted octanol–water partition coefficient (Wildman–Crippen LogP) is 2.91. The number of hydrogen-bond acceptors (Lipinski definition) is 3. The fraction of sp³-hybridized carbons (Fsp3) is 0.500. The van der Waals surface area contributed by atoms with E-state index < -0.39 is 0 Å². The van der Waals surface area contributed by atoms with Crippen molar-refractivity contribution < 1.29 is 14.3 Å². The average Bonchev–Trinajstić information content (AvgIpc) is 2.25. The number of ether oxygens (including phenoxy) is 1. The number of carbonyl (C=O) groups is 2. The second kappa shape index (κ2) is 3.92. The lowest BCUT2D eigenvalue weighted by Gasteiger charge is -2.67. The molecule has 3 aliphatic rings. The highest BCUT2D eigenvalue weighted by Gasteiger charge is 2.75. The van der Waals surface area contributed by atoms with E-state index in [2.05, 4.69) is 0 Å². The Morgan fingerprint density at radius 1 is 1.21 bits per heavy atom. The van der Waals surface area contributed by atoms with Gasteiger partial charge in [-0.1, -0.05) is 23.8 Å². The van der Waals surface area contributed by atoms with Crippen molar-refractivity contribution in [3.8, 4) is 0 Å². The number of hydrogen-bond donors (Lipinski definition) is 0. The van der Waals surface area contributed by atoms with Crippen molar-refractivity contribution in [3.05, 3.63) is 35.4 Å². The number of esters is 1. The van der Waals surface area contributed by atoms with Gasteiger partial charge >= 0.3 is 5.97 Å². The van der Waals surface area contributed by atoms with Crippen LogP contribution in [-0.4, -0.2) is 18.4 Å². The SMILES string of the molecule is CCOC(=O)[C@]12C[C@](C(=O)c3cccc(C)c3)(C1)C2. The predicted molar refractivity (Wildman–Crippen MR) is 70.9 cm³/mol. The minimum absolute atomic E-state index is 0.117. The molecule has 0 heterocycles. The summed E-state index contributed by atoms with van der Waals surface area (Å²) in [4.78, 5) is 24.3. The molecule has 1 aromatic rings. The second-order valence-corrected chi connectivity index (χ2v) is 6.01. The van der Waals surface area contributed by atoms with Gasteiger partial charge in [-0.05, 0) is 39.2 Å². The van der Waals surface area contributed by atoms with Crippen molar-refractivity contribution in [3.63, 3.8) is 0 Å². The minimum Gasteiger partial charge on any atom is -0.466 e. The van der Waals surface area contributed by atoms with Crippen LogP contribution in [0.25, 0.3) is 0 Å². The molecule has 19 heavy (non-hydrogen) atoms. The molecule has 3 fully saturated rings. The largest absolute Gasteiger partial charge is 0.466 e. The lowest BCUT2D eigenvalue weighted by Crippen LogP contribution is -2.68. The summed E-state index contributed by atoms with van der Waals surface area (Å²) in [6, 6.07) is 7.70. The summed E-state index contributed by atoms with van der Waals surface area (Å²) in [5, 5.41) is 0. The summed E-state index contributed by atoms with van der Waals surface area (Å²) in [6.07, 6.45) is 2.02. The molecule has 4 rings (SSSR count). The Morgan fingerprint density at radius 3 is 2.47 bits per heavy atom. The molecule has 0 radical (unpaired) electrons. The number of ketones is 1. The molecule has 0 spiro atoms. The molecule has 0 aromatic heterocycles. The van der Waals surface area contributed by atoms with Gasteiger partial charge < -0.3 is 4.74 Å². The van der Waals surface area contributed by atoms with Crippen LogP contribution in [0.4, 0.5) is 0 Å². The van der Waals surface area contributed by atoms with Crippen molar-refractivity contribution >= 4 is 11.8 Å². The number of aryl methyl sites for hydroxylation is 1. The van der Waals surface area contributed by atoms with Crippen molar-refractivity contribution in [1.82, 2.24) is 0 Å². The first-order valence-electron chi connectivity index (χ1n) is 6.80. The van der Waals surface area contributed by atoms with E-state index in [4.69, 9.17) is 4.74 Å². The van der Waals surface area contributed by atoms with Crippen LogP contribution in [0.5, 0.6) is 0 Å². The van der Waals surface area contributed by atoms with Gasteiger partial charge in [0, 0.05) is 11.0 Å². The fourth-order valence-electron chi connectivity index (χ4n) is 3.62. The van der Waals surface area contributed by atoms with E-state index in [1.807, 2.05) is 38.1 Å². The van der Waals surface area contributed by atoms with Gasteiger partial charge in [-0.25, -0.2) is 0 Å². The molecular formula is C16H18O3. The van der Waals surface area contributed by atoms with Crippen LogP contribution >= 0.6 is 0 Å². The number of rotatable bonds is 4. The molecule has 3 nitrogen and oxygen atoms in total. The first-order valence-corrected chi connectivity index (χ1v) is 6.80. The standard InChI is InChI=1S/C16H18O3/c1-3-19-14(18)16-8-15(9-16,10-16)13(17)12-6-4-5-11(2)7-12/h4-7H,3,8-10H2,1-2H3/t15-,16+. The molecule has 3 saturated carbocycles. The topological polar surface area (TPSA) is 43.4 Å². The van der Waals surface area contributed by atoms with E-state index in [1.54, 1.807) is 0 Å². The van der Waals surface area contributed by atoms with Crippen LogP contribution in [-0.2, 0) is 9.53 Å². The molecule has 0 N–H and O–H groups in total. The Labute approximate surface area is 113 Å². The van der Waals surface area contributed by atoms with E-state index in [-0.39, 0.29) is 22.6 Å². The van der Waals surface area contributed by atoms with Crippen molar-refractivity contribution in [1.29, 1.82) is 0 Å². The maximum Gasteiger partial charge on any atom is 0.312 e. The normalized spacial score (nSPS) is 31.1. The first-order chi connectivity index (χ1) is 9.01. The molecule has 100 valence electrons. The first kappa shape index (κ1) is 12.4. The van der Waals surface area contributed by atoms with Crippen LogP contribution in [0, 0.1) is 17.8 Å². The molecule has 0 amide bonds. The molecule has 3 aliphatic carbocycles. The van der Waals surface area contributed by atoms with Gasteiger partial charge in [0.25, 0.3) is 0 Å². The number of Topliss-reactive ketones (excluding diaryl/α,β-unsaturated/α-hetero) is 1. The Morgan fingerprint density at radius 2 is 1.89 bits per heavy atom. The third kappa shape index (κ3) is 1.64. The minimum atomic E-state index is -0.338. The van der Waals surface area contributed by atoms with Crippen molar-refractivity contribution in [2.45, 2.75) is 33.1 Å². The van der Waals surface area contributed by atoms with Gasteiger partial charge in [0.1, 0.15) is 0 Å². The zero-order valence-corrected chi connectivity index (χ0v) is 11.4. The van der Waals surface area contributed by atoms with Gasteiger partial charge in [-0.15, -0.1) is 0 Å². The highest BCUT2D eigenvalue weighted by Crippen LogP contribution is 2.74. The van der Waals surface area contributed by atoms with Crippen LogP contribution in [0.1, 0.15) is 42.1 Å². The molecule has 0 saturated heterocycles. The van der Waals surface area contributed by atoms with E-state index >= 15 is 0 Å². The lowest BCUT2D eigenvalue weighted by molar-refractivity contribution is -0.209. The number of benzene rings is 1. The van der Waals surface area contributed by atoms with Gasteiger partial charge in [-0.2, -0.15) is 0 Å². The maximum absolute atomic E-state index is 12.5. The molecule has 0 unspecified atom stereocenters. The molecule has 3 heteroatoms. The molecule has 2 bridgehead atoms. The third-order valence-electron chi connectivity index (χ3n) is 4.50. The monoisotopic (exact) mass is 258 g/mol. The van der Waals surface area contributed by atoms with E-state index in [0.29, 0.717) is 25.9 Å². The van der Waals surface area contributed by atoms with Gasteiger partial charge in [0.15, 0.2) is 5.78 Å². The maximum atomic E-state index is 12.5. The van der Waals surface area contributed by atoms with Crippen molar-refractivity contribution in [2.24, 2.45) is 10.8 Å². The number of carbonyl (C=O) groups excluding carboxylic acids is 2. The van der Waals surface area contributed by atoms with Gasteiger partial charge in [-0.3, -0.25) is 9.59 Å². The van der Waals surface area contributed by atoms with E-state index in [9.17, 15) is 9.59 Å². The van der Waals surface area contributed by atoms with E-state index in [1.165, 1.54) is 0 Å². The highest BCUT2D eigenvalue weighted by molar-refractivity contribution is 6.05. The average molecular weight is 258 g/mol. The third-order valence-corrected chi connectivity index (χ3v) is 4.50. The van der Waals surface area contributed by atoms with Crippen LogP contribution < -0.4 is 0 Å². The molecule has 1 aromatic carbocycles. The van der Waals surface area contributed by atoms with Gasteiger partial charge in [0.2, 0.25) is 0 Å². The molecule has 0 atom stereocenters. The quantitative estimate of drug-likeness (QED) is 0.616. The summed E-state index contributed by atoms with van der Waals surface area (Å²) in [5.74, 6) is 0.0799. The molecule has 0 aliphatic heterocycles. The summed E-state index contributed by atoms with van der Waals surface area (Å²) < 4.78 is 5.09. The summed E-state index contributed by atoms with van der Waals surface area (Å²) in [6.45, 7) is 4.22. The van der Waals surface area contributed by atoms with Gasteiger partial charge in [0.05, 0.1) is 12.0 Å². The zero-order valence-electron chi connectivity index (χ0n) is 11.4.